The number of piperidine rings is 1. The molecule has 1 saturated heterocycles. The number of hydrogen-bond acceptors (Lipinski definition) is 4. The number of carbonyl (C=O) groups excluding carboxylic acids is 1. The van der Waals surface area contributed by atoms with E-state index in [1.807, 2.05) is 0 Å². The molecule has 0 saturated carbocycles. The number of hydrogen-bond donors (Lipinski definition) is 2. The molecule has 1 unspecified atom stereocenters. The van der Waals surface area contributed by atoms with Crippen LogP contribution in [0.25, 0.3) is 0 Å². The molecule has 22 heavy (non-hydrogen) atoms. The molecule has 2 heterocycles. The maximum atomic E-state index is 12.1. The number of carbonyl (C=O) groups is 1. The molecular weight excluding hydrogens is 318 g/mol. The quantitative estimate of drug-likeness (QED) is 0.861. The Morgan fingerprint density at radius 1 is 1.45 bits per heavy atom. The van der Waals surface area contributed by atoms with Crippen molar-refractivity contribution in [1.82, 2.24) is 10.2 Å². The summed E-state index contributed by atoms with van der Waals surface area (Å²) in [5.41, 5.74) is 6.22. The highest BCUT2D eigenvalue weighted by molar-refractivity contribution is 7.11. The average Bonchev–Trinajstić information content (AvgIpc) is 2.88. The molecule has 2 rings (SSSR count). The summed E-state index contributed by atoms with van der Waals surface area (Å²) in [4.78, 5) is 16.9. The van der Waals surface area contributed by atoms with Gasteiger partial charge in [0.25, 0.3) is 0 Å². The lowest BCUT2D eigenvalue weighted by Crippen LogP contribution is -2.54. The molecule has 3 N–H and O–H groups in total. The van der Waals surface area contributed by atoms with Crippen LogP contribution >= 0.6 is 23.7 Å². The summed E-state index contributed by atoms with van der Waals surface area (Å²) in [6, 6.07) is 4.48. The molecule has 0 spiro atoms. The van der Waals surface area contributed by atoms with Crippen molar-refractivity contribution in [3.05, 3.63) is 21.9 Å². The predicted octanol–water partition coefficient (Wildman–Crippen LogP) is 2.41. The fraction of sp³-hybridized carbons (Fsp3) is 0.688. The second kappa shape index (κ2) is 8.29. The Bertz CT molecular complexity index is 489. The number of amides is 1. The van der Waals surface area contributed by atoms with Crippen LogP contribution in [-0.2, 0) is 17.8 Å². The molecule has 4 nitrogen and oxygen atoms in total. The molecule has 1 atom stereocenters. The minimum absolute atomic E-state index is 0. The first-order valence-electron chi connectivity index (χ1n) is 7.73. The minimum atomic E-state index is 0. The molecule has 0 radical (unpaired) electrons. The highest BCUT2D eigenvalue weighted by atomic mass is 35.5. The lowest BCUT2D eigenvalue weighted by molar-refractivity contribution is -0.123. The third-order valence-corrected chi connectivity index (χ3v) is 5.51. The van der Waals surface area contributed by atoms with Gasteiger partial charge in [0.15, 0.2) is 0 Å². The van der Waals surface area contributed by atoms with Gasteiger partial charge in [-0.25, -0.2) is 0 Å². The Morgan fingerprint density at radius 2 is 2.14 bits per heavy atom. The normalized spacial score (nSPS) is 21.2. The second-order valence-corrected chi connectivity index (χ2v) is 7.85. The largest absolute Gasteiger partial charge is 0.350 e. The van der Waals surface area contributed by atoms with Crippen molar-refractivity contribution >= 4 is 29.7 Å². The zero-order chi connectivity index (χ0) is 15.5. The molecule has 126 valence electrons. The van der Waals surface area contributed by atoms with E-state index in [0.29, 0.717) is 13.1 Å². The van der Waals surface area contributed by atoms with Gasteiger partial charge in [-0.15, -0.1) is 23.7 Å². The van der Waals surface area contributed by atoms with Gasteiger partial charge in [0.2, 0.25) is 5.91 Å². The highest BCUT2D eigenvalue weighted by Gasteiger charge is 2.33. The summed E-state index contributed by atoms with van der Waals surface area (Å²) in [5.74, 6) is 0.104. The van der Waals surface area contributed by atoms with Gasteiger partial charge in [-0.2, -0.15) is 0 Å². The number of rotatable bonds is 5. The summed E-state index contributed by atoms with van der Waals surface area (Å²) in [6.45, 7) is 9.43. The van der Waals surface area contributed by atoms with Gasteiger partial charge in [0, 0.05) is 28.9 Å². The van der Waals surface area contributed by atoms with Crippen LogP contribution in [0.5, 0.6) is 0 Å². The number of halogens is 1. The van der Waals surface area contributed by atoms with Gasteiger partial charge in [-0.1, -0.05) is 20.8 Å². The Kier molecular flexibility index (Phi) is 7.32. The molecule has 1 aliphatic rings. The molecule has 0 bridgehead atoms. The van der Waals surface area contributed by atoms with E-state index in [4.69, 9.17) is 5.73 Å². The van der Waals surface area contributed by atoms with Crippen LogP contribution in [0.15, 0.2) is 12.1 Å². The zero-order valence-corrected chi connectivity index (χ0v) is 15.4. The van der Waals surface area contributed by atoms with Crippen LogP contribution in [0.2, 0.25) is 0 Å². The van der Waals surface area contributed by atoms with Crippen LogP contribution in [-0.4, -0.2) is 36.5 Å². The number of nitrogens with zero attached hydrogens (tertiary/aromatic N) is 1. The van der Waals surface area contributed by atoms with Gasteiger partial charge in [0.05, 0.1) is 13.1 Å². The van der Waals surface area contributed by atoms with Gasteiger partial charge in [-0.05, 0) is 30.4 Å². The van der Waals surface area contributed by atoms with Crippen LogP contribution < -0.4 is 11.1 Å². The van der Waals surface area contributed by atoms with E-state index in [1.165, 1.54) is 9.75 Å². The van der Waals surface area contributed by atoms with Crippen molar-refractivity contribution in [2.45, 2.75) is 46.2 Å². The Morgan fingerprint density at radius 3 is 2.73 bits per heavy atom. The van der Waals surface area contributed by atoms with Gasteiger partial charge in [-0.3, -0.25) is 9.69 Å². The minimum Gasteiger partial charge on any atom is -0.350 e. The first-order valence-corrected chi connectivity index (χ1v) is 8.54. The Hall–Kier alpha value is -0.620. The third kappa shape index (κ3) is 5.23. The summed E-state index contributed by atoms with van der Waals surface area (Å²) >= 11 is 1.78. The molecule has 1 amide bonds. The monoisotopic (exact) mass is 345 g/mol. The van der Waals surface area contributed by atoms with Crippen molar-refractivity contribution < 1.29 is 4.79 Å². The Balaban J connectivity index is 0.00000242. The number of likely N-dealkylation sites (tertiary alicyclic amines) is 1. The third-order valence-electron chi connectivity index (χ3n) is 4.28. The van der Waals surface area contributed by atoms with Crippen LogP contribution in [0.4, 0.5) is 0 Å². The maximum Gasteiger partial charge on any atom is 0.234 e. The van der Waals surface area contributed by atoms with E-state index in [2.05, 4.69) is 43.1 Å². The number of aryl methyl sites for hydroxylation is 1. The predicted molar refractivity (Wildman–Crippen MR) is 95.6 cm³/mol. The fourth-order valence-electron chi connectivity index (χ4n) is 2.77. The van der Waals surface area contributed by atoms with E-state index in [0.717, 1.165) is 25.9 Å². The van der Waals surface area contributed by atoms with Crippen molar-refractivity contribution in [3.63, 3.8) is 0 Å². The summed E-state index contributed by atoms with van der Waals surface area (Å²) in [6.07, 6.45) is 2.02. The van der Waals surface area contributed by atoms with E-state index in [1.54, 1.807) is 11.3 Å². The first kappa shape index (κ1) is 19.4. The van der Waals surface area contributed by atoms with Gasteiger partial charge < -0.3 is 11.1 Å². The first-order chi connectivity index (χ1) is 9.90. The molecule has 0 aliphatic carbocycles. The number of thiophene rings is 1. The molecular formula is C16H28ClN3OS. The molecule has 1 aromatic rings. The SMILES string of the molecule is CCc1ccc(CNC(=O)CN2CCC(N)C(C)(C)C2)s1.Cl. The standard InChI is InChI=1S/C16H27N3OS.ClH/c1-4-12-5-6-13(21-12)9-18-15(20)10-19-8-7-14(17)16(2,3)11-19;/h5-6,14H,4,7-11,17H2,1-3H3,(H,18,20);1H. The van der Waals surface area contributed by atoms with E-state index in [-0.39, 0.29) is 29.8 Å². The molecule has 6 heteroatoms. The van der Waals surface area contributed by atoms with Gasteiger partial charge >= 0.3 is 0 Å². The van der Waals surface area contributed by atoms with Gasteiger partial charge in [0.1, 0.15) is 0 Å². The van der Waals surface area contributed by atoms with Crippen LogP contribution in [0.1, 0.15) is 36.9 Å². The Labute approximate surface area is 143 Å². The molecule has 0 aromatic carbocycles. The van der Waals surface area contributed by atoms with Crippen molar-refractivity contribution in [3.8, 4) is 0 Å². The maximum absolute atomic E-state index is 12.1. The lowest BCUT2D eigenvalue weighted by Gasteiger charge is -2.42. The fourth-order valence-corrected chi connectivity index (χ4v) is 3.67. The topological polar surface area (TPSA) is 58.4 Å². The smallest absolute Gasteiger partial charge is 0.234 e. The molecule has 1 fully saturated rings. The van der Waals surface area contributed by atoms with Crippen LogP contribution in [0, 0.1) is 5.41 Å². The summed E-state index contributed by atoms with van der Waals surface area (Å²) in [7, 11) is 0. The van der Waals surface area contributed by atoms with Crippen molar-refractivity contribution in [2.75, 3.05) is 19.6 Å². The average molecular weight is 346 g/mol. The summed E-state index contributed by atoms with van der Waals surface area (Å²) < 4.78 is 0. The second-order valence-electron chi connectivity index (χ2n) is 6.59. The molecule has 1 aromatic heterocycles. The number of nitrogens with one attached hydrogen (secondary N) is 1. The van der Waals surface area contributed by atoms with Crippen molar-refractivity contribution in [2.24, 2.45) is 11.1 Å². The molecule has 1 aliphatic heterocycles. The van der Waals surface area contributed by atoms with Crippen LogP contribution in [0.3, 0.4) is 0 Å². The summed E-state index contributed by atoms with van der Waals surface area (Å²) in [5, 5.41) is 3.02. The number of nitrogens with two attached hydrogens (primary N) is 1. The van der Waals surface area contributed by atoms with E-state index < -0.39 is 0 Å². The lowest BCUT2D eigenvalue weighted by atomic mass is 9.80. The van der Waals surface area contributed by atoms with E-state index in [9.17, 15) is 4.79 Å². The van der Waals surface area contributed by atoms with Crippen molar-refractivity contribution in [1.29, 1.82) is 0 Å². The zero-order valence-electron chi connectivity index (χ0n) is 13.7. The highest BCUT2D eigenvalue weighted by Crippen LogP contribution is 2.27. The van der Waals surface area contributed by atoms with E-state index >= 15 is 0 Å².